The predicted molar refractivity (Wildman–Crippen MR) is 7.61 cm³/mol. The monoisotopic (exact) mass is 229 g/mol. The first kappa shape index (κ1) is 22.5. The van der Waals surface area contributed by atoms with Crippen molar-refractivity contribution in [1.82, 2.24) is 0 Å². The van der Waals surface area contributed by atoms with Gasteiger partial charge in [0.2, 0.25) is 0 Å². The number of rotatable bonds is 0. The first-order chi connectivity index (χ1) is 2.00. The Morgan fingerprint density at radius 2 is 1.12 bits per heavy atom. The molecule has 43 valence electrons. The summed E-state index contributed by atoms with van der Waals surface area (Å²) in [5, 5.41) is 0. The molecule has 0 unspecified atom stereocenters. The molecule has 0 amide bonds. The molecule has 0 N–H and O–H groups in total. The van der Waals surface area contributed by atoms with Crippen molar-refractivity contribution >= 4 is 7.82 Å². The van der Waals surface area contributed by atoms with Crippen LogP contribution in [0.5, 0.6) is 0 Å². The van der Waals surface area contributed by atoms with E-state index in [1.165, 1.54) is 0 Å². The second-order valence-corrected chi connectivity index (χ2v) is 1.34. The largest absolute Gasteiger partial charge is 2.00 e. The summed E-state index contributed by atoms with van der Waals surface area (Å²) in [6, 6.07) is 0. The van der Waals surface area contributed by atoms with E-state index in [9.17, 15) is 0 Å². The van der Waals surface area contributed by atoms with Gasteiger partial charge in [-0.15, -0.1) is 0 Å². The molecule has 4 nitrogen and oxygen atoms in total. The summed E-state index contributed by atoms with van der Waals surface area (Å²) in [4.78, 5) is 25.6. The molecule has 1 radical (unpaired) electrons. The van der Waals surface area contributed by atoms with E-state index in [0.717, 1.165) is 0 Å². The normalized spacial score (nSPS) is 7.38. The van der Waals surface area contributed by atoms with Crippen molar-refractivity contribution in [2.24, 2.45) is 0 Å². The molecule has 0 bridgehead atoms. The number of phosphoric acid groups is 1. The molecule has 8 heteroatoms. The van der Waals surface area contributed by atoms with Crippen LogP contribution in [0.1, 0.15) is 0 Å². The molecule has 0 rings (SSSR count). The average Bonchev–Trinajstić information content (AvgIpc) is 0.722. The molecule has 0 aromatic heterocycles. The van der Waals surface area contributed by atoms with Gasteiger partial charge in [-0.05, 0) is 0 Å². The Balaban J connectivity index is -0.0000000267. The molecule has 0 aromatic carbocycles. The van der Waals surface area contributed by atoms with Crippen LogP contribution in [-0.2, 0) is 38.7 Å². The number of hydrogen-bond acceptors (Lipinski definition) is 4. The van der Waals surface area contributed by atoms with Crippen molar-refractivity contribution in [1.29, 1.82) is 0 Å². The molecule has 0 saturated heterocycles. The third-order valence-electron chi connectivity index (χ3n) is 0. The van der Waals surface area contributed by atoms with Crippen LogP contribution >= 0.6 is 7.82 Å². The maximum Gasteiger partial charge on any atom is 2.00 e. The summed E-state index contributed by atoms with van der Waals surface area (Å²) in [7, 11) is -5.39. The van der Waals surface area contributed by atoms with Gasteiger partial charge in [-0.3, -0.25) is 0 Å². The summed E-state index contributed by atoms with van der Waals surface area (Å²) in [6.45, 7) is 0. The molecule has 0 saturated carbocycles. The van der Waals surface area contributed by atoms with Crippen molar-refractivity contribution in [3.05, 3.63) is 0 Å². The van der Waals surface area contributed by atoms with Gasteiger partial charge in [0.25, 0.3) is 0 Å². The molecule has 8 heavy (non-hydrogen) atoms. The van der Waals surface area contributed by atoms with Crippen molar-refractivity contribution in [3.63, 3.8) is 0 Å². The fourth-order valence-corrected chi connectivity index (χ4v) is 0. The van der Waals surface area contributed by atoms with E-state index in [-0.39, 0.29) is 63.7 Å². The standard InChI is InChI=1S/Fe.Mn.Na.H3O4P/c;;;1-5(2,3)4/h;;;(H3,1,2,3,4)/q2*+2;+1;/p-3. The molecular formula is FeMnNaO4P+2. The summed E-state index contributed by atoms with van der Waals surface area (Å²) < 4.78 is 8.55. The van der Waals surface area contributed by atoms with Gasteiger partial charge >= 0.3 is 63.7 Å². The van der Waals surface area contributed by atoms with Gasteiger partial charge in [-0.1, -0.05) is 0 Å². The van der Waals surface area contributed by atoms with Gasteiger partial charge in [-0.25, -0.2) is 0 Å². The predicted octanol–water partition coefficient (Wildman–Crippen LogP) is -5.83. The molecule has 0 aliphatic rings. The summed E-state index contributed by atoms with van der Waals surface area (Å²) in [5.41, 5.74) is 0. The van der Waals surface area contributed by atoms with Crippen molar-refractivity contribution in [2.45, 2.75) is 0 Å². The van der Waals surface area contributed by atoms with E-state index in [2.05, 4.69) is 0 Å². The minimum absolute atomic E-state index is 0. The van der Waals surface area contributed by atoms with Gasteiger partial charge in [0, 0.05) is 0 Å². The van der Waals surface area contributed by atoms with Gasteiger partial charge in [0.1, 0.15) is 0 Å². The van der Waals surface area contributed by atoms with Gasteiger partial charge < -0.3 is 19.2 Å². The Kier molecular flexibility index (Phi) is 25.7. The maximum atomic E-state index is 8.55. The van der Waals surface area contributed by atoms with Crippen LogP contribution in [0.4, 0.5) is 0 Å². The van der Waals surface area contributed by atoms with Crippen molar-refractivity contribution in [2.75, 3.05) is 0 Å². The van der Waals surface area contributed by atoms with Crippen molar-refractivity contribution in [3.8, 4) is 0 Å². The Morgan fingerprint density at radius 1 is 1.12 bits per heavy atom. The van der Waals surface area contributed by atoms with Gasteiger partial charge in [0.05, 0.1) is 0 Å². The van der Waals surface area contributed by atoms with E-state index in [1.54, 1.807) is 0 Å². The second kappa shape index (κ2) is 9.15. The van der Waals surface area contributed by atoms with E-state index in [0.29, 0.717) is 0 Å². The van der Waals surface area contributed by atoms with Gasteiger partial charge in [0.15, 0.2) is 0 Å². The Bertz CT molecular complexity index is 62.2. The minimum atomic E-state index is -5.39. The summed E-state index contributed by atoms with van der Waals surface area (Å²) >= 11 is 0. The zero-order chi connectivity index (χ0) is 4.50. The van der Waals surface area contributed by atoms with Crippen LogP contribution in [0.2, 0.25) is 0 Å². The smallest absolute Gasteiger partial charge is 0.822 e. The first-order valence-corrected chi connectivity index (χ1v) is 2.19. The second-order valence-electron chi connectivity index (χ2n) is 0.447. The third-order valence-corrected chi connectivity index (χ3v) is 0. The average molecular weight is 229 g/mol. The molecule has 0 fully saturated rings. The maximum absolute atomic E-state index is 8.55. The third kappa shape index (κ3) is 90.2. The van der Waals surface area contributed by atoms with Crippen LogP contribution < -0.4 is 44.2 Å². The Morgan fingerprint density at radius 3 is 1.12 bits per heavy atom. The zero-order valence-corrected chi connectivity index (χ0v) is 8.99. The summed E-state index contributed by atoms with van der Waals surface area (Å²) in [5.74, 6) is 0. The fourth-order valence-electron chi connectivity index (χ4n) is 0. The quantitative estimate of drug-likeness (QED) is 0.305. The SMILES string of the molecule is O=P([O-])([O-])[O-].[Fe+2].[Mn+2].[Na+]. The van der Waals surface area contributed by atoms with Gasteiger partial charge in [-0.2, -0.15) is 7.82 Å². The first-order valence-electron chi connectivity index (χ1n) is 0.730. The van der Waals surface area contributed by atoms with Crippen LogP contribution in [0.25, 0.3) is 0 Å². The van der Waals surface area contributed by atoms with E-state index >= 15 is 0 Å². The molecular weight excluding hydrogens is 229 g/mol. The van der Waals surface area contributed by atoms with Crippen LogP contribution in [0.15, 0.2) is 0 Å². The molecule has 0 heterocycles. The molecule has 0 aliphatic heterocycles. The Labute approximate surface area is 89.9 Å². The molecule has 0 aliphatic carbocycles. The zero-order valence-electron chi connectivity index (χ0n) is 3.81. The summed E-state index contributed by atoms with van der Waals surface area (Å²) in [6.07, 6.45) is 0. The topological polar surface area (TPSA) is 86.2 Å². The Hall–Kier alpha value is 2.15. The van der Waals surface area contributed by atoms with E-state index in [1.807, 2.05) is 0 Å². The van der Waals surface area contributed by atoms with Crippen LogP contribution in [0, 0.1) is 0 Å². The molecule has 0 aromatic rings. The van der Waals surface area contributed by atoms with Crippen LogP contribution in [0.3, 0.4) is 0 Å². The minimum Gasteiger partial charge on any atom is -0.822 e. The van der Waals surface area contributed by atoms with E-state index < -0.39 is 7.82 Å². The van der Waals surface area contributed by atoms with Crippen LogP contribution in [-0.4, -0.2) is 0 Å². The van der Waals surface area contributed by atoms with Crippen molar-refractivity contribution < 1.29 is 82.9 Å². The van der Waals surface area contributed by atoms with E-state index in [4.69, 9.17) is 19.2 Å². The fraction of sp³-hybridized carbons (Fsp3) is 0. The molecule has 0 spiro atoms. The number of hydrogen-bond donors (Lipinski definition) is 0. The molecule has 0 atom stereocenters.